The number of thioether (sulfide) groups is 1. The fraction of sp³-hybridized carbons (Fsp3) is 0.160. The van der Waals surface area contributed by atoms with Crippen LogP contribution in [0.4, 0.5) is 0 Å². The van der Waals surface area contributed by atoms with E-state index in [1.54, 1.807) is 24.4 Å². The first-order valence-corrected chi connectivity index (χ1v) is 11.7. The van der Waals surface area contributed by atoms with Crippen molar-refractivity contribution >= 4 is 22.7 Å². The highest BCUT2D eigenvalue weighted by Crippen LogP contribution is 2.33. The third-order valence-corrected chi connectivity index (χ3v) is 6.30. The van der Waals surface area contributed by atoms with Gasteiger partial charge in [-0.05, 0) is 19.1 Å². The monoisotopic (exact) mass is 453 g/mol. The van der Waals surface area contributed by atoms with Crippen LogP contribution in [-0.2, 0) is 13.1 Å². The summed E-state index contributed by atoms with van der Waals surface area (Å²) < 4.78 is 3.92. The van der Waals surface area contributed by atoms with Crippen molar-refractivity contribution in [2.24, 2.45) is 0 Å². The van der Waals surface area contributed by atoms with E-state index in [1.165, 1.54) is 5.56 Å². The van der Waals surface area contributed by atoms with E-state index in [9.17, 15) is 0 Å². The third-order valence-electron chi connectivity index (χ3n) is 5.35. The fourth-order valence-electron chi connectivity index (χ4n) is 3.70. The summed E-state index contributed by atoms with van der Waals surface area (Å²) in [5.41, 5.74) is 5.15. The van der Waals surface area contributed by atoms with Crippen LogP contribution in [0, 0.1) is 6.92 Å². The van der Waals surface area contributed by atoms with Crippen LogP contribution in [0.15, 0.2) is 85.1 Å². The lowest BCUT2D eigenvalue weighted by atomic mass is 10.0. The molecule has 0 radical (unpaired) electrons. The normalized spacial score (nSPS) is 11.2. The van der Waals surface area contributed by atoms with Crippen LogP contribution in [0.2, 0.25) is 0 Å². The number of para-hydroxylation sites is 1. The number of aromatic nitrogens is 7. The van der Waals surface area contributed by atoms with Crippen LogP contribution in [-0.4, -0.2) is 40.3 Å². The molecule has 8 heteroatoms. The SMILES string of the molecule is C=CCn1c(SCCn2cncn2)nnc1-c1cc(-c2ccc(C)cc2)nc2ccccc12. The van der Waals surface area contributed by atoms with Crippen LogP contribution >= 0.6 is 11.8 Å². The average Bonchev–Trinajstić information content (AvgIpc) is 3.50. The Bertz CT molecular complexity index is 1390. The molecule has 0 atom stereocenters. The van der Waals surface area contributed by atoms with Gasteiger partial charge in [0.25, 0.3) is 0 Å². The van der Waals surface area contributed by atoms with Gasteiger partial charge in [-0.15, -0.1) is 16.8 Å². The number of aryl methyl sites for hydroxylation is 2. The third kappa shape index (κ3) is 4.42. The molecular formula is C25H23N7S. The first kappa shape index (κ1) is 21.1. The molecule has 7 nitrogen and oxygen atoms in total. The Hall–Kier alpha value is -3.78. The largest absolute Gasteiger partial charge is 0.298 e. The summed E-state index contributed by atoms with van der Waals surface area (Å²) in [5.74, 6) is 1.62. The maximum atomic E-state index is 4.92. The second-order valence-corrected chi connectivity index (χ2v) is 8.71. The lowest BCUT2D eigenvalue weighted by Crippen LogP contribution is -2.04. The van der Waals surface area contributed by atoms with Gasteiger partial charge >= 0.3 is 0 Å². The quantitative estimate of drug-likeness (QED) is 0.242. The van der Waals surface area contributed by atoms with Gasteiger partial charge in [-0.3, -0.25) is 9.25 Å². The van der Waals surface area contributed by atoms with E-state index in [2.05, 4.69) is 74.7 Å². The summed E-state index contributed by atoms with van der Waals surface area (Å²) in [6.07, 6.45) is 5.14. The Morgan fingerprint density at radius 3 is 2.70 bits per heavy atom. The second-order valence-electron chi connectivity index (χ2n) is 7.65. The summed E-state index contributed by atoms with van der Waals surface area (Å²) >= 11 is 1.65. The minimum atomic E-state index is 0.616. The minimum Gasteiger partial charge on any atom is -0.298 e. The summed E-state index contributed by atoms with van der Waals surface area (Å²) in [4.78, 5) is 8.92. The van der Waals surface area contributed by atoms with Gasteiger partial charge < -0.3 is 0 Å². The van der Waals surface area contributed by atoms with Crippen molar-refractivity contribution in [1.82, 2.24) is 34.5 Å². The van der Waals surface area contributed by atoms with E-state index >= 15 is 0 Å². The van der Waals surface area contributed by atoms with Crippen molar-refractivity contribution in [3.63, 3.8) is 0 Å². The van der Waals surface area contributed by atoms with E-state index in [0.717, 1.165) is 51.0 Å². The standard InChI is InChI=1S/C25H23N7S/c1-3-12-32-24(29-30-25(32)33-14-13-31-17-26-16-27-31)21-15-23(19-10-8-18(2)9-11-19)28-22-7-5-4-6-20(21)22/h3-11,15-17H,1,12-14H2,2H3. The van der Waals surface area contributed by atoms with E-state index in [-0.39, 0.29) is 0 Å². The summed E-state index contributed by atoms with van der Waals surface area (Å²) in [6, 6.07) is 18.7. The van der Waals surface area contributed by atoms with Crippen LogP contribution in [0.3, 0.4) is 0 Å². The molecule has 2 aromatic carbocycles. The Labute approximate surface area is 196 Å². The van der Waals surface area contributed by atoms with Crippen LogP contribution < -0.4 is 0 Å². The van der Waals surface area contributed by atoms with E-state index in [0.29, 0.717) is 6.54 Å². The first-order valence-electron chi connectivity index (χ1n) is 10.7. The fourth-order valence-corrected chi connectivity index (χ4v) is 4.58. The van der Waals surface area contributed by atoms with Crippen LogP contribution in [0.25, 0.3) is 33.5 Å². The van der Waals surface area contributed by atoms with Crippen molar-refractivity contribution in [2.75, 3.05) is 5.75 Å². The number of hydrogen-bond acceptors (Lipinski definition) is 6. The maximum Gasteiger partial charge on any atom is 0.191 e. The highest BCUT2D eigenvalue weighted by Gasteiger charge is 2.18. The van der Waals surface area contributed by atoms with Gasteiger partial charge in [0.1, 0.15) is 12.7 Å². The van der Waals surface area contributed by atoms with E-state index in [4.69, 9.17) is 4.98 Å². The minimum absolute atomic E-state index is 0.616. The second kappa shape index (κ2) is 9.38. The van der Waals surface area contributed by atoms with Crippen LogP contribution in [0.5, 0.6) is 0 Å². The molecular weight excluding hydrogens is 430 g/mol. The van der Waals surface area contributed by atoms with E-state index in [1.807, 2.05) is 29.0 Å². The van der Waals surface area contributed by atoms with Gasteiger partial charge in [-0.1, -0.05) is 65.9 Å². The average molecular weight is 454 g/mol. The van der Waals surface area contributed by atoms with Gasteiger partial charge in [0.05, 0.1) is 17.8 Å². The zero-order valence-corrected chi connectivity index (χ0v) is 19.1. The molecule has 0 spiro atoms. The molecule has 0 bridgehead atoms. The molecule has 33 heavy (non-hydrogen) atoms. The van der Waals surface area contributed by atoms with Crippen molar-refractivity contribution in [3.8, 4) is 22.6 Å². The van der Waals surface area contributed by atoms with Gasteiger partial charge in [0, 0.05) is 28.8 Å². The Kier molecular flexibility index (Phi) is 5.99. The summed E-state index contributed by atoms with van der Waals surface area (Å²) in [6.45, 7) is 7.40. The van der Waals surface area contributed by atoms with Gasteiger partial charge in [-0.25, -0.2) is 9.97 Å². The van der Waals surface area contributed by atoms with E-state index < -0.39 is 0 Å². The molecule has 5 rings (SSSR count). The molecule has 0 saturated heterocycles. The predicted molar refractivity (Wildman–Crippen MR) is 132 cm³/mol. The zero-order chi connectivity index (χ0) is 22.6. The Balaban J connectivity index is 1.56. The van der Waals surface area contributed by atoms with Gasteiger partial charge in [0.2, 0.25) is 0 Å². The molecule has 0 saturated carbocycles. The molecule has 164 valence electrons. The van der Waals surface area contributed by atoms with Crippen molar-refractivity contribution in [3.05, 3.63) is 85.5 Å². The molecule has 0 unspecified atom stereocenters. The molecule has 3 heterocycles. The number of hydrogen-bond donors (Lipinski definition) is 0. The molecule has 0 amide bonds. The lowest BCUT2D eigenvalue weighted by molar-refractivity contribution is 0.661. The predicted octanol–water partition coefficient (Wildman–Crippen LogP) is 5.04. The Morgan fingerprint density at radius 2 is 1.91 bits per heavy atom. The number of benzene rings is 2. The topological polar surface area (TPSA) is 74.3 Å². The summed E-state index contributed by atoms with van der Waals surface area (Å²) in [5, 5.41) is 15.2. The number of fused-ring (bicyclic) bond motifs is 1. The molecule has 0 fully saturated rings. The van der Waals surface area contributed by atoms with Gasteiger partial charge in [-0.2, -0.15) is 5.10 Å². The molecule has 0 N–H and O–H groups in total. The van der Waals surface area contributed by atoms with Crippen molar-refractivity contribution < 1.29 is 0 Å². The van der Waals surface area contributed by atoms with Crippen molar-refractivity contribution in [1.29, 1.82) is 0 Å². The maximum absolute atomic E-state index is 4.92. The highest BCUT2D eigenvalue weighted by atomic mass is 32.2. The lowest BCUT2D eigenvalue weighted by Gasteiger charge is -2.12. The molecule has 5 aromatic rings. The molecule has 3 aromatic heterocycles. The highest BCUT2D eigenvalue weighted by molar-refractivity contribution is 7.99. The van der Waals surface area contributed by atoms with Crippen LogP contribution in [0.1, 0.15) is 5.56 Å². The smallest absolute Gasteiger partial charge is 0.191 e. The molecule has 0 aliphatic rings. The van der Waals surface area contributed by atoms with Gasteiger partial charge in [0.15, 0.2) is 11.0 Å². The number of pyridine rings is 1. The molecule has 0 aliphatic carbocycles. The number of rotatable bonds is 8. The number of nitrogens with zero attached hydrogens (tertiary/aromatic N) is 7. The molecule has 0 aliphatic heterocycles. The van der Waals surface area contributed by atoms with Crippen molar-refractivity contribution in [2.45, 2.75) is 25.2 Å². The Morgan fingerprint density at radius 1 is 1.06 bits per heavy atom. The summed E-state index contributed by atoms with van der Waals surface area (Å²) in [7, 11) is 0. The first-order chi connectivity index (χ1) is 16.2. The number of allylic oxidation sites excluding steroid dienone is 1. The zero-order valence-electron chi connectivity index (χ0n) is 18.3.